The van der Waals surface area contributed by atoms with Gasteiger partial charge in [0.2, 0.25) is 0 Å². The van der Waals surface area contributed by atoms with Gasteiger partial charge in [0.15, 0.2) is 0 Å². The Kier molecular flexibility index (Phi) is 4.83. The number of likely N-dealkylation sites (N-methyl/N-ethyl adjacent to an activating group) is 1. The molecule has 2 rings (SSSR count). The van der Waals surface area contributed by atoms with Gasteiger partial charge in [-0.1, -0.05) is 0 Å². The fraction of sp³-hybridized carbons (Fsp3) is 0.923. The molecule has 2 fully saturated rings. The average Bonchev–Trinajstić information content (AvgIpc) is 2.85. The first-order valence-electron chi connectivity index (χ1n) is 7.04. The number of aliphatic hydroxyl groups is 1. The van der Waals surface area contributed by atoms with Crippen molar-refractivity contribution in [3.63, 3.8) is 0 Å². The molecule has 0 spiro atoms. The Hall–Kier alpha value is -0.810. The molecular weight excluding hydrogens is 232 g/mol. The molecule has 0 aromatic rings. The van der Waals surface area contributed by atoms with Gasteiger partial charge in [-0.3, -0.25) is 0 Å². The molecule has 1 saturated heterocycles. The van der Waals surface area contributed by atoms with Gasteiger partial charge in [-0.2, -0.15) is 0 Å². The van der Waals surface area contributed by atoms with Crippen molar-refractivity contribution >= 4 is 6.03 Å². The molecule has 2 amide bonds. The van der Waals surface area contributed by atoms with E-state index in [9.17, 15) is 4.79 Å². The second-order valence-electron chi connectivity index (χ2n) is 5.15. The maximum Gasteiger partial charge on any atom is 0.317 e. The van der Waals surface area contributed by atoms with Crippen molar-refractivity contribution in [2.45, 2.75) is 44.8 Å². The molecule has 0 bridgehead atoms. The zero-order valence-electron chi connectivity index (χ0n) is 11.1. The first-order chi connectivity index (χ1) is 8.76. The lowest BCUT2D eigenvalue weighted by molar-refractivity contribution is 0.0536. The van der Waals surface area contributed by atoms with Crippen molar-refractivity contribution < 1.29 is 14.6 Å². The van der Waals surface area contributed by atoms with Gasteiger partial charge < -0.3 is 20.1 Å². The van der Waals surface area contributed by atoms with Crippen molar-refractivity contribution in [1.82, 2.24) is 10.2 Å². The summed E-state index contributed by atoms with van der Waals surface area (Å²) in [7, 11) is 0. The number of nitrogens with one attached hydrogen (secondary N) is 1. The zero-order chi connectivity index (χ0) is 13.0. The lowest BCUT2D eigenvalue weighted by Crippen LogP contribution is -2.51. The lowest BCUT2D eigenvalue weighted by atomic mass is 9.82. The molecule has 0 radical (unpaired) electrons. The molecule has 3 atom stereocenters. The lowest BCUT2D eigenvalue weighted by Gasteiger charge is -2.34. The second kappa shape index (κ2) is 6.38. The molecule has 5 nitrogen and oxygen atoms in total. The summed E-state index contributed by atoms with van der Waals surface area (Å²) in [5.74, 6) is 0.482. The number of nitrogens with zero attached hydrogens (tertiary/aromatic N) is 1. The average molecular weight is 256 g/mol. The van der Waals surface area contributed by atoms with Crippen molar-refractivity contribution in [3.8, 4) is 0 Å². The number of urea groups is 1. The van der Waals surface area contributed by atoms with Crippen LogP contribution in [0, 0.1) is 5.92 Å². The van der Waals surface area contributed by atoms with Crippen LogP contribution in [-0.2, 0) is 4.74 Å². The van der Waals surface area contributed by atoms with Gasteiger partial charge in [-0.25, -0.2) is 4.79 Å². The normalized spacial score (nSPS) is 30.9. The standard InChI is InChI=1S/C13H24N2O3/c1-2-15(7-8-16)13(17)14-11-4-3-5-12-10(11)6-9-18-12/h10-12,16H,2-9H2,1H3,(H,14,17). The van der Waals surface area contributed by atoms with Crippen LogP contribution in [0.3, 0.4) is 0 Å². The van der Waals surface area contributed by atoms with Crippen molar-refractivity contribution in [1.29, 1.82) is 0 Å². The van der Waals surface area contributed by atoms with Crippen LogP contribution in [0.2, 0.25) is 0 Å². The van der Waals surface area contributed by atoms with Crippen LogP contribution >= 0.6 is 0 Å². The van der Waals surface area contributed by atoms with Gasteiger partial charge in [-0.15, -0.1) is 0 Å². The predicted octanol–water partition coefficient (Wildman–Crippen LogP) is 0.968. The molecule has 18 heavy (non-hydrogen) atoms. The monoisotopic (exact) mass is 256 g/mol. The minimum absolute atomic E-state index is 0.0150. The van der Waals surface area contributed by atoms with Crippen LogP contribution in [-0.4, -0.2) is 54.5 Å². The Morgan fingerprint density at radius 3 is 3.00 bits per heavy atom. The Morgan fingerprint density at radius 2 is 2.28 bits per heavy atom. The highest BCUT2D eigenvalue weighted by Gasteiger charge is 2.38. The summed E-state index contributed by atoms with van der Waals surface area (Å²) in [4.78, 5) is 13.7. The third kappa shape index (κ3) is 2.95. The maximum absolute atomic E-state index is 12.1. The molecule has 5 heteroatoms. The zero-order valence-corrected chi connectivity index (χ0v) is 11.1. The molecule has 104 valence electrons. The Balaban J connectivity index is 1.89. The summed E-state index contributed by atoms with van der Waals surface area (Å²) < 4.78 is 5.70. The number of rotatable bonds is 4. The number of amides is 2. The van der Waals surface area contributed by atoms with Crippen LogP contribution in [0.1, 0.15) is 32.6 Å². The Labute approximate surface area is 108 Å². The third-order valence-electron chi connectivity index (χ3n) is 4.13. The van der Waals surface area contributed by atoms with E-state index in [-0.39, 0.29) is 18.7 Å². The van der Waals surface area contributed by atoms with Gasteiger partial charge >= 0.3 is 6.03 Å². The van der Waals surface area contributed by atoms with E-state index in [1.165, 1.54) is 0 Å². The molecular formula is C13H24N2O3. The van der Waals surface area contributed by atoms with Crippen LogP contribution in [0.5, 0.6) is 0 Å². The maximum atomic E-state index is 12.1. The van der Waals surface area contributed by atoms with E-state index in [0.717, 1.165) is 32.3 Å². The van der Waals surface area contributed by atoms with E-state index >= 15 is 0 Å². The van der Waals surface area contributed by atoms with Gasteiger partial charge in [0.05, 0.1) is 12.7 Å². The Bertz CT molecular complexity index is 285. The summed E-state index contributed by atoms with van der Waals surface area (Å²) in [5.41, 5.74) is 0. The van der Waals surface area contributed by atoms with Crippen LogP contribution in [0.4, 0.5) is 4.79 Å². The van der Waals surface area contributed by atoms with Crippen molar-refractivity contribution in [2.75, 3.05) is 26.3 Å². The number of fused-ring (bicyclic) bond motifs is 1. The van der Waals surface area contributed by atoms with E-state index in [1.54, 1.807) is 4.90 Å². The van der Waals surface area contributed by atoms with Crippen molar-refractivity contribution in [3.05, 3.63) is 0 Å². The molecule has 1 heterocycles. The fourth-order valence-corrected chi connectivity index (χ4v) is 3.13. The highest BCUT2D eigenvalue weighted by atomic mass is 16.5. The van der Waals surface area contributed by atoms with Gasteiger partial charge in [0.1, 0.15) is 0 Å². The first-order valence-corrected chi connectivity index (χ1v) is 7.04. The van der Waals surface area contributed by atoms with E-state index in [4.69, 9.17) is 9.84 Å². The molecule has 0 aromatic heterocycles. The van der Waals surface area contributed by atoms with E-state index in [1.807, 2.05) is 6.92 Å². The minimum atomic E-state index is -0.0518. The molecule has 0 aromatic carbocycles. The topological polar surface area (TPSA) is 61.8 Å². The highest BCUT2D eigenvalue weighted by molar-refractivity contribution is 5.74. The van der Waals surface area contributed by atoms with E-state index in [0.29, 0.717) is 25.1 Å². The number of carbonyl (C=O) groups excluding carboxylic acids is 1. The second-order valence-corrected chi connectivity index (χ2v) is 5.15. The van der Waals surface area contributed by atoms with Gasteiger partial charge in [-0.05, 0) is 32.6 Å². The SMILES string of the molecule is CCN(CCO)C(=O)NC1CCCC2OCCC12. The molecule has 1 aliphatic carbocycles. The van der Waals surface area contributed by atoms with Crippen LogP contribution in [0.15, 0.2) is 0 Å². The molecule has 1 aliphatic heterocycles. The highest BCUT2D eigenvalue weighted by Crippen LogP contribution is 2.34. The van der Waals surface area contributed by atoms with Gasteiger partial charge in [0, 0.05) is 31.7 Å². The van der Waals surface area contributed by atoms with E-state index in [2.05, 4.69) is 5.32 Å². The van der Waals surface area contributed by atoms with Gasteiger partial charge in [0.25, 0.3) is 0 Å². The summed E-state index contributed by atoms with van der Waals surface area (Å²) in [6.45, 7) is 3.80. The largest absolute Gasteiger partial charge is 0.395 e. The minimum Gasteiger partial charge on any atom is -0.395 e. The summed E-state index contributed by atoms with van der Waals surface area (Å²) in [6.07, 6.45) is 4.70. The molecule has 1 saturated carbocycles. The van der Waals surface area contributed by atoms with E-state index < -0.39 is 0 Å². The quantitative estimate of drug-likeness (QED) is 0.788. The van der Waals surface area contributed by atoms with Crippen LogP contribution in [0.25, 0.3) is 0 Å². The number of carbonyl (C=O) groups is 1. The smallest absolute Gasteiger partial charge is 0.317 e. The predicted molar refractivity (Wildman–Crippen MR) is 68.4 cm³/mol. The summed E-state index contributed by atoms with van der Waals surface area (Å²) in [6, 6.07) is 0.190. The first kappa shape index (κ1) is 13.6. The van der Waals surface area contributed by atoms with Crippen LogP contribution < -0.4 is 5.32 Å². The Morgan fingerprint density at radius 1 is 1.44 bits per heavy atom. The molecule has 2 N–H and O–H groups in total. The summed E-state index contributed by atoms with van der Waals surface area (Å²) in [5, 5.41) is 12.1. The molecule has 2 aliphatic rings. The number of hydrogen-bond acceptors (Lipinski definition) is 3. The summed E-state index contributed by atoms with van der Waals surface area (Å²) >= 11 is 0. The molecule has 3 unspecified atom stereocenters. The third-order valence-corrected chi connectivity index (χ3v) is 4.13. The number of aliphatic hydroxyl groups excluding tert-OH is 1. The van der Waals surface area contributed by atoms with Crippen molar-refractivity contribution in [2.24, 2.45) is 5.92 Å². The fourth-order valence-electron chi connectivity index (χ4n) is 3.13. The number of ether oxygens (including phenoxy) is 1. The number of hydrogen-bond donors (Lipinski definition) is 2.